The number of likely N-dealkylation sites (tertiary alicyclic amines) is 1. The number of carbonyl (C=O) groups excluding carboxylic acids is 2. The summed E-state index contributed by atoms with van der Waals surface area (Å²) in [6, 6.07) is 5.50. The van der Waals surface area contributed by atoms with E-state index in [9.17, 15) is 9.59 Å². The van der Waals surface area contributed by atoms with Gasteiger partial charge in [0, 0.05) is 6.20 Å². The number of carbonyl (C=O) groups is 2. The van der Waals surface area contributed by atoms with Crippen LogP contribution < -0.4 is 5.32 Å². The number of anilines is 1. The molecule has 1 aromatic heterocycles. The van der Waals surface area contributed by atoms with Gasteiger partial charge in [-0.1, -0.05) is 18.2 Å². The van der Waals surface area contributed by atoms with Crippen molar-refractivity contribution in [3.05, 3.63) is 36.5 Å². The maximum absolute atomic E-state index is 12.4. The Labute approximate surface area is 116 Å². The Morgan fingerprint density at radius 2 is 1.85 bits per heavy atom. The number of aromatic nitrogens is 1. The third kappa shape index (κ3) is 1.52. The fourth-order valence-electron chi connectivity index (χ4n) is 3.75. The van der Waals surface area contributed by atoms with Crippen LogP contribution >= 0.6 is 0 Å². The van der Waals surface area contributed by atoms with E-state index in [0.717, 1.165) is 6.42 Å². The molecule has 1 N–H and O–H groups in total. The van der Waals surface area contributed by atoms with Gasteiger partial charge in [0.15, 0.2) is 0 Å². The van der Waals surface area contributed by atoms with Crippen LogP contribution in [0.2, 0.25) is 0 Å². The quantitative estimate of drug-likeness (QED) is 0.663. The molecule has 5 nitrogen and oxygen atoms in total. The first-order valence-corrected chi connectivity index (χ1v) is 6.94. The Hall–Kier alpha value is -2.17. The fourth-order valence-corrected chi connectivity index (χ4v) is 3.75. The van der Waals surface area contributed by atoms with E-state index in [0.29, 0.717) is 5.82 Å². The molecular formula is C15H15N3O2. The summed E-state index contributed by atoms with van der Waals surface area (Å²) >= 11 is 0. The van der Waals surface area contributed by atoms with E-state index >= 15 is 0 Å². The first kappa shape index (κ1) is 11.6. The van der Waals surface area contributed by atoms with Gasteiger partial charge in [-0.2, -0.15) is 0 Å². The Balaban J connectivity index is 1.51. The summed E-state index contributed by atoms with van der Waals surface area (Å²) < 4.78 is 0. The standard InChI is InChI=1S/C15H15N3O2/c19-14-12-9-4-5-10(7-9)13(12)15(20)18(14)8-17-11-3-1-2-6-16-11/h1-6,9-10,12-13H,7-8H2,(H,16,17)/t9-,10-,12+,13+/m1/s1. The fraction of sp³-hybridized carbons (Fsp3) is 0.400. The van der Waals surface area contributed by atoms with Crippen LogP contribution in [0.3, 0.4) is 0 Å². The highest BCUT2D eigenvalue weighted by Crippen LogP contribution is 2.52. The summed E-state index contributed by atoms with van der Waals surface area (Å²) in [7, 11) is 0. The van der Waals surface area contributed by atoms with Gasteiger partial charge in [-0.05, 0) is 30.4 Å². The number of rotatable bonds is 3. The lowest BCUT2D eigenvalue weighted by atomic mass is 9.85. The molecule has 2 heterocycles. The Kier molecular flexibility index (Phi) is 2.42. The zero-order valence-corrected chi connectivity index (χ0v) is 10.9. The number of amides is 2. The minimum absolute atomic E-state index is 0.0275. The number of fused-ring (bicyclic) bond motifs is 5. The molecule has 2 fully saturated rings. The second-order valence-electron chi connectivity index (χ2n) is 5.65. The van der Waals surface area contributed by atoms with Crippen LogP contribution in [-0.4, -0.2) is 28.4 Å². The third-order valence-electron chi connectivity index (χ3n) is 4.64. The molecule has 3 aliphatic rings. The van der Waals surface area contributed by atoms with Crippen molar-refractivity contribution in [2.24, 2.45) is 23.7 Å². The molecule has 0 unspecified atom stereocenters. The van der Waals surface area contributed by atoms with Gasteiger partial charge in [0.05, 0.1) is 18.5 Å². The molecule has 1 aromatic rings. The molecule has 2 bridgehead atoms. The maximum atomic E-state index is 12.4. The number of pyridine rings is 1. The van der Waals surface area contributed by atoms with E-state index < -0.39 is 0 Å². The lowest BCUT2D eigenvalue weighted by Gasteiger charge is -2.17. The maximum Gasteiger partial charge on any atom is 0.235 e. The van der Waals surface area contributed by atoms with Gasteiger partial charge < -0.3 is 5.32 Å². The van der Waals surface area contributed by atoms with Crippen LogP contribution in [0.5, 0.6) is 0 Å². The lowest BCUT2D eigenvalue weighted by Crippen LogP contribution is -2.37. The molecule has 1 saturated heterocycles. The molecule has 0 spiro atoms. The number of nitrogens with one attached hydrogen (secondary N) is 1. The number of hydrogen-bond acceptors (Lipinski definition) is 4. The number of imide groups is 1. The molecular weight excluding hydrogens is 254 g/mol. The minimum Gasteiger partial charge on any atom is -0.352 e. The highest BCUT2D eigenvalue weighted by Gasteiger charge is 2.59. The predicted octanol–water partition coefficient (Wildman–Crippen LogP) is 1.26. The van der Waals surface area contributed by atoms with E-state index in [4.69, 9.17) is 0 Å². The largest absolute Gasteiger partial charge is 0.352 e. The van der Waals surface area contributed by atoms with Crippen molar-refractivity contribution < 1.29 is 9.59 Å². The first-order chi connectivity index (χ1) is 9.75. The van der Waals surface area contributed by atoms with Crippen LogP contribution in [0.1, 0.15) is 6.42 Å². The van der Waals surface area contributed by atoms with E-state index in [1.807, 2.05) is 18.2 Å². The predicted molar refractivity (Wildman–Crippen MR) is 72.3 cm³/mol. The second kappa shape index (κ2) is 4.16. The number of hydrogen-bond donors (Lipinski definition) is 1. The van der Waals surface area contributed by atoms with Crippen LogP contribution in [0.25, 0.3) is 0 Å². The SMILES string of the molecule is O=C1[C@@H]2[C@@H](C(=O)N1CNc1ccccn1)[C@@H]1C=C[C@@H]2C1. The van der Waals surface area contributed by atoms with E-state index in [1.165, 1.54) is 4.90 Å². The Bertz CT molecular complexity index is 568. The van der Waals surface area contributed by atoms with Crippen molar-refractivity contribution in [1.82, 2.24) is 9.88 Å². The molecule has 1 aliphatic heterocycles. The summed E-state index contributed by atoms with van der Waals surface area (Å²) in [5.74, 6) is 0.903. The average Bonchev–Trinajstić information content (AvgIpc) is 3.13. The zero-order chi connectivity index (χ0) is 13.7. The van der Waals surface area contributed by atoms with Crippen LogP contribution in [-0.2, 0) is 9.59 Å². The molecule has 0 aromatic carbocycles. The smallest absolute Gasteiger partial charge is 0.235 e. The van der Waals surface area contributed by atoms with Crippen molar-refractivity contribution in [2.45, 2.75) is 6.42 Å². The molecule has 4 rings (SSSR count). The summed E-state index contributed by atoms with van der Waals surface area (Å²) in [6.45, 7) is 0.209. The van der Waals surface area contributed by atoms with Crippen molar-refractivity contribution in [1.29, 1.82) is 0 Å². The summed E-state index contributed by atoms with van der Waals surface area (Å²) in [5, 5.41) is 3.04. The van der Waals surface area contributed by atoms with E-state index in [-0.39, 0.29) is 42.2 Å². The highest BCUT2D eigenvalue weighted by molar-refractivity contribution is 6.06. The summed E-state index contributed by atoms with van der Waals surface area (Å²) in [5.41, 5.74) is 0. The van der Waals surface area contributed by atoms with E-state index in [2.05, 4.69) is 22.5 Å². The average molecular weight is 269 g/mol. The Morgan fingerprint density at radius 1 is 1.15 bits per heavy atom. The van der Waals surface area contributed by atoms with Crippen molar-refractivity contribution in [3.8, 4) is 0 Å². The zero-order valence-electron chi connectivity index (χ0n) is 10.9. The molecule has 20 heavy (non-hydrogen) atoms. The molecule has 2 aliphatic carbocycles. The molecule has 1 saturated carbocycles. The minimum atomic E-state index is -0.122. The molecule has 102 valence electrons. The monoisotopic (exact) mass is 269 g/mol. The van der Waals surface area contributed by atoms with Crippen LogP contribution in [0.4, 0.5) is 5.82 Å². The van der Waals surface area contributed by atoms with Crippen LogP contribution in [0.15, 0.2) is 36.5 Å². The van der Waals surface area contributed by atoms with Gasteiger partial charge in [0.25, 0.3) is 0 Å². The second-order valence-corrected chi connectivity index (χ2v) is 5.65. The summed E-state index contributed by atoms with van der Waals surface area (Å²) in [6.07, 6.45) is 6.85. The van der Waals surface area contributed by atoms with Crippen LogP contribution in [0, 0.1) is 23.7 Å². The highest BCUT2D eigenvalue weighted by atomic mass is 16.2. The third-order valence-corrected chi connectivity index (χ3v) is 4.64. The number of nitrogens with zero attached hydrogens (tertiary/aromatic N) is 2. The van der Waals surface area contributed by atoms with Gasteiger partial charge in [0.1, 0.15) is 5.82 Å². The Morgan fingerprint density at radius 3 is 2.45 bits per heavy atom. The molecule has 0 radical (unpaired) electrons. The van der Waals surface area contributed by atoms with E-state index in [1.54, 1.807) is 6.20 Å². The van der Waals surface area contributed by atoms with Gasteiger partial charge in [-0.3, -0.25) is 14.5 Å². The van der Waals surface area contributed by atoms with Gasteiger partial charge in [-0.25, -0.2) is 4.98 Å². The first-order valence-electron chi connectivity index (χ1n) is 6.94. The van der Waals surface area contributed by atoms with Crippen molar-refractivity contribution in [2.75, 3.05) is 12.0 Å². The molecule has 2 amide bonds. The normalized spacial score (nSPS) is 33.9. The molecule has 5 heteroatoms. The van der Waals surface area contributed by atoms with Crippen molar-refractivity contribution >= 4 is 17.6 Å². The van der Waals surface area contributed by atoms with Gasteiger partial charge in [-0.15, -0.1) is 0 Å². The topological polar surface area (TPSA) is 62.3 Å². The van der Waals surface area contributed by atoms with Gasteiger partial charge >= 0.3 is 0 Å². The number of allylic oxidation sites excluding steroid dienone is 2. The molecule has 4 atom stereocenters. The lowest BCUT2D eigenvalue weighted by molar-refractivity contribution is -0.140. The summed E-state index contributed by atoms with van der Waals surface area (Å²) in [4.78, 5) is 30.3. The van der Waals surface area contributed by atoms with Crippen molar-refractivity contribution in [3.63, 3.8) is 0 Å². The van der Waals surface area contributed by atoms with Gasteiger partial charge in [0.2, 0.25) is 11.8 Å².